The Bertz CT molecular complexity index is 909. The number of hydrogen-bond acceptors (Lipinski definition) is 5. The summed E-state index contributed by atoms with van der Waals surface area (Å²) in [6, 6.07) is 12.9. The molecule has 0 saturated carbocycles. The molecular formula is C22H25N3O4. The summed E-state index contributed by atoms with van der Waals surface area (Å²) in [5.41, 5.74) is 2.93. The number of carbonyl (C=O) groups excluding carboxylic acids is 2. The highest BCUT2D eigenvalue weighted by Gasteiger charge is 2.26. The maximum absolute atomic E-state index is 12.6. The van der Waals surface area contributed by atoms with Crippen molar-refractivity contribution in [3.8, 4) is 5.75 Å². The molecule has 2 aromatic rings. The van der Waals surface area contributed by atoms with Crippen LogP contribution >= 0.6 is 0 Å². The van der Waals surface area contributed by atoms with E-state index in [1.165, 1.54) is 0 Å². The maximum atomic E-state index is 12.6. The average molecular weight is 395 g/mol. The number of nitrogens with one attached hydrogen (secondary N) is 1. The van der Waals surface area contributed by atoms with Crippen molar-refractivity contribution in [1.29, 1.82) is 0 Å². The number of benzene rings is 2. The highest BCUT2D eigenvalue weighted by Crippen LogP contribution is 2.34. The summed E-state index contributed by atoms with van der Waals surface area (Å²) >= 11 is 0. The zero-order chi connectivity index (χ0) is 20.2. The Morgan fingerprint density at radius 3 is 2.69 bits per heavy atom. The van der Waals surface area contributed by atoms with Crippen molar-refractivity contribution in [2.75, 3.05) is 56.2 Å². The molecule has 0 aliphatic carbocycles. The first-order valence-electron chi connectivity index (χ1n) is 9.86. The third kappa shape index (κ3) is 4.41. The summed E-state index contributed by atoms with van der Waals surface area (Å²) in [6.45, 7) is 6.54. The Morgan fingerprint density at radius 1 is 1.10 bits per heavy atom. The lowest BCUT2D eigenvalue weighted by Gasteiger charge is -2.33. The third-order valence-electron chi connectivity index (χ3n) is 5.29. The largest absolute Gasteiger partial charge is 0.481 e. The summed E-state index contributed by atoms with van der Waals surface area (Å²) in [5, 5.41) is 2.91. The van der Waals surface area contributed by atoms with Gasteiger partial charge in [-0.05, 0) is 30.7 Å². The standard InChI is InChI=1S/C22H25N3O4/c1-16-4-2-3-5-18(16)22(27)23-17-6-7-19-20(14-17)29-15-21(26)25(19)9-8-24-10-12-28-13-11-24/h2-7,14H,8-13,15H2,1H3,(H,23,27). The van der Waals surface area contributed by atoms with Crippen LogP contribution in [0.5, 0.6) is 5.75 Å². The van der Waals surface area contributed by atoms with E-state index in [0.717, 1.165) is 44.1 Å². The lowest BCUT2D eigenvalue weighted by atomic mass is 10.1. The van der Waals surface area contributed by atoms with Gasteiger partial charge in [0, 0.05) is 43.5 Å². The molecule has 4 rings (SSSR count). The van der Waals surface area contributed by atoms with Crippen LogP contribution in [0.1, 0.15) is 15.9 Å². The fourth-order valence-electron chi connectivity index (χ4n) is 3.62. The Balaban J connectivity index is 1.47. The molecule has 7 heteroatoms. The molecule has 0 spiro atoms. The van der Waals surface area contributed by atoms with Crippen LogP contribution in [0.2, 0.25) is 0 Å². The Labute approximate surface area is 170 Å². The second kappa shape index (κ2) is 8.63. The molecule has 0 unspecified atom stereocenters. The van der Waals surface area contributed by atoms with Gasteiger partial charge in [-0.3, -0.25) is 14.5 Å². The topological polar surface area (TPSA) is 71.1 Å². The average Bonchev–Trinajstić information content (AvgIpc) is 2.74. The Kier molecular flexibility index (Phi) is 5.78. The van der Waals surface area contributed by atoms with Crippen molar-refractivity contribution in [2.45, 2.75) is 6.92 Å². The monoisotopic (exact) mass is 395 g/mol. The lowest BCUT2D eigenvalue weighted by molar-refractivity contribution is -0.121. The second-order valence-electron chi connectivity index (χ2n) is 7.24. The van der Waals surface area contributed by atoms with Gasteiger partial charge in [-0.15, -0.1) is 0 Å². The molecule has 1 fully saturated rings. The van der Waals surface area contributed by atoms with E-state index < -0.39 is 0 Å². The van der Waals surface area contributed by atoms with E-state index >= 15 is 0 Å². The van der Waals surface area contributed by atoms with E-state index in [9.17, 15) is 9.59 Å². The second-order valence-corrected chi connectivity index (χ2v) is 7.24. The molecule has 2 aliphatic heterocycles. The van der Waals surface area contributed by atoms with Crippen molar-refractivity contribution >= 4 is 23.2 Å². The van der Waals surface area contributed by atoms with Crippen molar-refractivity contribution < 1.29 is 19.1 Å². The van der Waals surface area contributed by atoms with Gasteiger partial charge in [0.05, 0.1) is 18.9 Å². The van der Waals surface area contributed by atoms with Crippen LogP contribution in [0.15, 0.2) is 42.5 Å². The molecule has 152 valence electrons. The van der Waals surface area contributed by atoms with Gasteiger partial charge in [0.1, 0.15) is 5.75 Å². The van der Waals surface area contributed by atoms with Gasteiger partial charge in [0.25, 0.3) is 11.8 Å². The normalized spacial score (nSPS) is 16.9. The van der Waals surface area contributed by atoms with Crippen LogP contribution in [0.3, 0.4) is 0 Å². The molecule has 29 heavy (non-hydrogen) atoms. The highest BCUT2D eigenvalue weighted by molar-refractivity contribution is 6.06. The van der Waals surface area contributed by atoms with Gasteiger partial charge < -0.3 is 19.7 Å². The number of nitrogens with zero attached hydrogens (tertiary/aromatic N) is 2. The minimum atomic E-state index is -0.167. The first-order valence-corrected chi connectivity index (χ1v) is 9.86. The number of rotatable bonds is 5. The first-order chi connectivity index (χ1) is 14.1. The number of ether oxygens (including phenoxy) is 2. The molecule has 2 heterocycles. The number of hydrogen-bond donors (Lipinski definition) is 1. The van der Waals surface area contributed by atoms with E-state index in [-0.39, 0.29) is 18.4 Å². The molecular weight excluding hydrogens is 370 g/mol. The maximum Gasteiger partial charge on any atom is 0.265 e. The zero-order valence-electron chi connectivity index (χ0n) is 16.5. The van der Waals surface area contributed by atoms with Crippen molar-refractivity contribution in [3.05, 3.63) is 53.6 Å². The molecule has 7 nitrogen and oxygen atoms in total. The summed E-state index contributed by atoms with van der Waals surface area (Å²) in [7, 11) is 0. The van der Waals surface area contributed by atoms with Crippen LogP contribution < -0.4 is 15.0 Å². The van der Waals surface area contributed by atoms with Gasteiger partial charge in [-0.2, -0.15) is 0 Å². The Hall–Kier alpha value is -2.90. The lowest BCUT2D eigenvalue weighted by Crippen LogP contribution is -2.45. The van der Waals surface area contributed by atoms with Gasteiger partial charge in [0.15, 0.2) is 6.61 Å². The number of morpholine rings is 1. The summed E-state index contributed by atoms with van der Waals surface area (Å²) in [6.07, 6.45) is 0. The number of fused-ring (bicyclic) bond motifs is 1. The number of amides is 2. The SMILES string of the molecule is Cc1ccccc1C(=O)Nc1ccc2c(c1)OCC(=O)N2CCN1CCOCC1. The third-order valence-corrected chi connectivity index (χ3v) is 5.29. The predicted molar refractivity (Wildman–Crippen MR) is 111 cm³/mol. The quantitative estimate of drug-likeness (QED) is 0.841. The van der Waals surface area contributed by atoms with Crippen LogP contribution in [0.4, 0.5) is 11.4 Å². The summed E-state index contributed by atoms with van der Waals surface area (Å²) in [5.74, 6) is 0.385. The van der Waals surface area contributed by atoms with Gasteiger partial charge in [-0.1, -0.05) is 18.2 Å². The van der Waals surface area contributed by atoms with Crippen molar-refractivity contribution in [1.82, 2.24) is 4.90 Å². The van der Waals surface area contributed by atoms with E-state index in [2.05, 4.69) is 10.2 Å². The molecule has 0 bridgehead atoms. The molecule has 0 aromatic heterocycles. The molecule has 2 aliphatic rings. The smallest absolute Gasteiger partial charge is 0.265 e. The summed E-state index contributed by atoms with van der Waals surface area (Å²) in [4.78, 5) is 29.0. The van der Waals surface area contributed by atoms with Crippen molar-refractivity contribution in [3.63, 3.8) is 0 Å². The van der Waals surface area contributed by atoms with E-state index in [1.807, 2.05) is 31.2 Å². The Morgan fingerprint density at radius 2 is 1.90 bits per heavy atom. The van der Waals surface area contributed by atoms with Crippen LogP contribution in [-0.4, -0.2) is 62.7 Å². The predicted octanol–water partition coefficient (Wildman–Crippen LogP) is 2.30. The number of aryl methyl sites for hydroxylation is 1. The van der Waals surface area contributed by atoms with Gasteiger partial charge in [-0.25, -0.2) is 0 Å². The van der Waals surface area contributed by atoms with Crippen molar-refractivity contribution in [2.24, 2.45) is 0 Å². The first kappa shape index (κ1) is 19.4. The van der Waals surface area contributed by atoms with Gasteiger partial charge in [0.2, 0.25) is 0 Å². The molecule has 0 atom stereocenters. The minimum absolute atomic E-state index is 0.00526. The van der Waals surface area contributed by atoms with Crippen LogP contribution in [-0.2, 0) is 9.53 Å². The summed E-state index contributed by atoms with van der Waals surface area (Å²) < 4.78 is 11.0. The van der Waals surface area contributed by atoms with Crippen LogP contribution in [0.25, 0.3) is 0 Å². The molecule has 1 saturated heterocycles. The van der Waals surface area contributed by atoms with E-state index in [4.69, 9.17) is 9.47 Å². The minimum Gasteiger partial charge on any atom is -0.481 e. The van der Waals surface area contributed by atoms with Gasteiger partial charge >= 0.3 is 0 Å². The fraction of sp³-hybridized carbons (Fsp3) is 0.364. The number of anilines is 2. The fourth-order valence-corrected chi connectivity index (χ4v) is 3.62. The molecule has 2 amide bonds. The van der Waals surface area contributed by atoms with Crippen LogP contribution in [0, 0.1) is 6.92 Å². The number of carbonyl (C=O) groups is 2. The van der Waals surface area contributed by atoms with E-state index in [0.29, 0.717) is 23.5 Å². The molecule has 2 aromatic carbocycles. The molecule has 1 N–H and O–H groups in total. The zero-order valence-corrected chi connectivity index (χ0v) is 16.5. The van der Waals surface area contributed by atoms with E-state index in [1.54, 1.807) is 23.1 Å². The molecule has 0 radical (unpaired) electrons. The highest BCUT2D eigenvalue weighted by atomic mass is 16.5.